The summed E-state index contributed by atoms with van der Waals surface area (Å²) in [6, 6.07) is 7.25. The Morgan fingerprint density at radius 1 is 1.45 bits per heavy atom. The Kier molecular flexibility index (Phi) is 6.20. The van der Waals surface area contributed by atoms with Gasteiger partial charge in [-0.05, 0) is 31.7 Å². The maximum atomic E-state index is 12.2. The fraction of sp³-hybridized carbons (Fsp3) is 0.562. The molecule has 1 saturated heterocycles. The van der Waals surface area contributed by atoms with Gasteiger partial charge in [0.25, 0.3) is 0 Å². The van der Waals surface area contributed by atoms with Crippen LogP contribution < -0.4 is 5.32 Å². The first-order chi connectivity index (χ1) is 10.5. The summed E-state index contributed by atoms with van der Waals surface area (Å²) in [6.45, 7) is 4.03. The molecule has 1 fully saturated rings. The number of carbonyl (C=O) groups excluding carboxylic acids is 1. The molecule has 6 heteroatoms. The number of rotatable bonds is 5. The highest BCUT2D eigenvalue weighted by Gasteiger charge is 2.30. The van der Waals surface area contributed by atoms with Crippen molar-refractivity contribution in [3.8, 4) is 0 Å². The molecule has 22 heavy (non-hydrogen) atoms. The van der Waals surface area contributed by atoms with Crippen LogP contribution in [0.4, 0.5) is 0 Å². The molecule has 1 aromatic carbocycles. The predicted molar refractivity (Wildman–Crippen MR) is 86.0 cm³/mol. The van der Waals surface area contributed by atoms with Crippen LogP contribution in [0.5, 0.6) is 0 Å². The number of nitrogens with one attached hydrogen (secondary N) is 1. The summed E-state index contributed by atoms with van der Waals surface area (Å²) in [6.07, 6.45) is -0.607. The number of likely N-dealkylation sites (N-methyl/N-ethyl adjacent to an activating group) is 1. The normalized spacial score (nSPS) is 22.1. The van der Waals surface area contributed by atoms with Crippen molar-refractivity contribution >= 4 is 17.5 Å². The highest BCUT2D eigenvalue weighted by molar-refractivity contribution is 6.30. The van der Waals surface area contributed by atoms with E-state index >= 15 is 0 Å². The summed E-state index contributed by atoms with van der Waals surface area (Å²) in [5, 5.41) is 3.70. The zero-order chi connectivity index (χ0) is 16.1. The molecule has 0 aromatic heterocycles. The number of amides is 1. The molecule has 0 saturated carbocycles. The number of benzene rings is 1. The molecule has 2 rings (SSSR count). The number of hydrogen-bond donors (Lipinski definition) is 1. The molecule has 0 bridgehead atoms. The third-order valence-electron chi connectivity index (χ3n) is 3.92. The van der Waals surface area contributed by atoms with Crippen molar-refractivity contribution in [2.75, 3.05) is 33.9 Å². The van der Waals surface area contributed by atoms with Crippen LogP contribution in [-0.4, -0.2) is 56.9 Å². The van der Waals surface area contributed by atoms with Crippen molar-refractivity contribution in [1.82, 2.24) is 10.2 Å². The Balaban J connectivity index is 2.19. The van der Waals surface area contributed by atoms with Crippen LogP contribution in [0, 0.1) is 0 Å². The van der Waals surface area contributed by atoms with Crippen LogP contribution in [0.1, 0.15) is 18.5 Å². The number of ether oxygens (including phenoxy) is 2. The van der Waals surface area contributed by atoms with Gasteiger partial charge in [-0.3, -0.25) is 4.79 Å². The van der Waals surface area contributed by atoms with Crippen molar-refractivity contribution in [3.05, 3.63) is 34.9 Å². The molecule has 0 aliphatic carbocycles. The van der Waals surface area contributed by atoms with Gasteiger partial charge >= 0.3 is 0 Å². The van der Waals surface area contributed by atoms with Crippen LogP contribution in [0.3, 0.4) is 0 Å². The Bertz CT molecular complexity index is 495. The van der Waals surface area contributed by atoms with E-state index in [9.17, 15) is 4.79 Å². The van der Waals surface area contributed by atoms with Crippen LogP contribution in [0.25, 0.3) is 0 Å². The van der Waals surface area contributed by atoms with E-state index in [1.165, 1.54) is 7.11 Å². The second-order valence-corrected chi connectivity index (χ2v) is 6.02. The summed E-state index contributed by atoms with van der Waals surface area (Å²) in [5.41, 5.74) is 0.973. The number of halogens is 1. The second-order valence-electron chi connectivity index (χ2n) is 5.59. The van der Waals surface area contributed by atoms with Crippen LogP contribution in [-0.2, 0) is 14.3 Å². The lowest BCUT2D eigenvalue weighted by atomic mass is 9.99. The molecule has 3 unspecified atom stereocenters. The fourth-order valence-corrected chi connectivity index (χ4v) is 2.58. The van der Waals surface area contributed by atoms with Gasteiger partial charge in [0.15, 0.2) is 0 Å². The summed E-state index contributed by atoms with van der Waals surface area (Å²) >= 11 is 5.96. The van der Waals surface area contributed by atoms with Gasteiger partial charge in [0, 0.05) is 25.2 Å². The number of nitrogens with zero attached hydrogens (tertiary/aromatic N) is 1. The average molecular weight is 327 g/mol. The van der Waals surface area contributed by atoms with E-state index in [4.69, 9.17) is 21.1 Å². The molecule has 0 spiro atoms. The molecule has 1 amide bonds. The number of hydrogen-bond acceptors (Lipinski definition) is 4. The van der Waals surface area contributed by atoms with Crippen LogP contribution in [0.2, 0.25) is 5.02 Å². The van der Waals surface area contributed by atoms with Gasteiger partial charge in [0.2, 0.25) is 5.91 Å². The smallest absolute Gasteiger partial charge is 0.249 e. The molecule has 1 heterocycles. The predicted octanol–water partition coefficient (Wildman–Crippen LogP) is 1.86. The van der Waals surface area contributed by atoms with Gasteiger partial charge in [-0.15, -0.1) is 0 Å². The fourth-order valence-electron chi connectivity index (χ4n) is 2.45. The van der Waals surface area contributed by atoms with E-state index in [2.05, 4.69) is 10.2 Å². The maximum absolute atomic E-state index is 12.2. The largest absolute Gasteiger partial charge is 0.373 e. The molecule has 122 valence electrons. The minimum absolute atomic E-state index is 0.104. The maximum Gasteiger partial charge on any atom is 0.249 e. The molecule has 0 radical (unpaired) electrons. The molecule has 1 aliphatic heterocycles. The first-order valence-corrected chi connectivity index (χ1v) is 7.78. The average Bonchev–Trinajstić information content (AvgIpc) is 2.52. The zero-order valence-corrected chi connectivity index (χ0v) is 14.0. The van der Waals surface area contributed by atoms with Gasteiger partial charge in [-0.25, -0.2) is 0 Å². The monoisotopic (exact) mass is 326 g/mol. The second kappa shape index (κ2) is 7.92. The molecular formula is C16H23ClN2O3. The quantitative estimate of drug-likeness (QED) is 0.897. The Hall–Kier alpha value is -1.14. The lowest BCUT2D eigenvalue weighted by molar-refractivity contribution is -0.133. The molecule has 3 atom stereocenters. The summed E-state index contributed by atoms with van der Waals surface area (Å²) in [7, 11) is 3.57. The lowest BCUT2D eigenvalue weighted by Gasteiger charge is -2.36. The molecule has 5 nitrogen and oxygen atoms in total. The van der Waals surface area contributed by atoms with Gasteiger partial charge in [-0.1, -0.05) is 23.7 Å². The van der Waals surface area contributed by atoms with E-state index in [0.717, 1.165) is 18.7 Å². The first kappa shape index (κ1) is 17.2. The minimum atomic E-state index is -0.504. The molecule has 1 N–H and O–H groups in total. The summed E-state index contributed by atoms with van der Waals surface area (Å²) in [5.74, 6) is -0.153. The van der Waals surface area contributed by atoms with Crippen molar-refractivity contribution in [2.45, 2.75) is 25.2 Å². The van der Waals surface area contributed by atoms with E-state index < -0.39 is 6.10 Å². The van der Waals surface area contributed by atoms with E-state index in [-0.39, 0.29) is 18.1 Å². The SMILES string of the molecule is COC(C)C(=O)NC(c1ccc(Cl)cc1)C1CN(C)CCO1. The Labute approximate surface area is 136 Å². The Morgan fingerprint density at radius 3 is 2.73 bits per heavy atom. The standard InChI is InChI=1S/C16H23ClN2O3/c1-11(21-3)16(20)18-15(12-4-6-13(17)7-5-12)14-10-19(2)8-9-22-14/h4-7,11,14-15H,8-10H2,1-3H3,(H,18,20). The number of carbonyl (C=O) groups is 1. The highest BCUT2D eigenvalue weighted by Crippen LogP contribution is 2.24. The van der Waals surface area contributed by atoms with Gasteiger partial charge in [0.1, 0.15) is 6.10 Å². The van der Waals surface area contributed by atoms with Gasteiger partial charge in [0.05, 0.1) is 18.8 Å². The third kappa shape index (κ3) is 4.43. The Morgan fingerprint density at radius 2 is 2.14 bits per heavy atom. The van der Waals surface area contributed by atoms with E-state index in [1.54, 1.807) is 6.92 Å². The summed E-state index contributed by atoms with van der Waals surface area (Å²) < 4.78 is 11.0. The number of morpholine rings is 1. The topological polar surface area (TPSA) is 50.8 Å². The van der Waals surface area contributed by atoms with Crippen molar-refractivity contribution < 1.29 is 14.3 Å². The molecule has 1 aliphatic rings. The number of methoxy groups -OCH3 is 1. The van der Waals surface area contributed by atoms with Crippen molar-refractivity contribution in [1.29, 1.82) is 0 Å². The van der Waals surface area contributed by atoms with E-state index in [1.807, 2.05) is 31.3 Å². The van der Waals surface area contributed by atoms with E-state index in [0.29, 0.717) is 11.6 Å². The zero-order valence-electron chi connectivity index (χ0n) is 13.2. The third-order valence-corrected chi connectivity index (χ3v) is 4.17. The van der Waals surface area contributed by atoms with Crippen LogP contribution in [0.15, 0.2) is 24.3 Å². The molecular weight excluding hydrogens is 304 g/mol. The van der Waals surface area contributed by atoms with Gasteiger partial charge in [-0.2, -0.15) is 0 Å². The van der Waals surface area contributed by atoms with Crippen molar-refractivity contribution in [2.24, 2.45) is 0 Å². The summed E-state index contributed by atoms with van der Waals surface area (Å²) in [4.78, 5) is 14.4. The van der Waals surface area contributed by atoms with Crippen molar-refractivity contribution in [3.63, 3.8) is 0 Å². The minimum Gasteiger partial charge on any atom is -0.373 e. The van der Waals surface area contributed by atoms with Crippen LogP contribution >= 0.6 is 11.6 Å². The van der Waals surface area contributed by atoms with Gasteiger partial charge < -0.3 is 19.7 Å². The first-order valence-electron chi connectivity index (χ1n) is 7.40. The lowest BCUT2D eigenvalue weighted by Crippen LogP contribution is -2.49. The highest BCUT2D eigenvalue weighted by atomic mass is 35.5. The molecule has 1 aromatic rings.